The zero-order valence-corrected chi connectivity index (χ0v) is 7.45. The van der Waals surface area contributed by atoms with Crippen molar-refractivity contribution in [2.75, 3.05) is 0 Å². The largest absolute Gasteiger partial charge is 0.576 e. The maximum absolute atomic E-state index is 4.76. The Hall–Kier alpha value is 0.193. The third kappa shape index (κ3) is 4.04. The van der Waals surface area contributed by atoms with E-state index < -0.39 is 0 Å². The zero-order valence-electron chi connectivity index (χ0n) is 3.73. The van der Waals surface area contributed by atoms with Crippen LogP contribution in [0, 0.1) is 6.07 Å². The maximum Gasteiger partial charge on any atom is -0.0256 e. The molecule has 0 N–H and O–H groups in total. The molecule has 0 fully saturated rings. The molecule has 0 aliphatic carbocycles. The van der Waals surface area contributed by atoms with Crippen molar-refractivity contribution in [2.45, 2.75) is 0 Å². The third-order valence-corrected chi connectivity index (χ3v) is 0.379. The van der Waals surface area contributed by atoms with Crippen LogP contribution in [-0.4, -0.2) is 0 Å². The molecule has 0 saturated carbocycles. The second-order valence-electron chi connectivity index (χ2n) is 0.723. The molecule has 1 aromatic heterocycles. The number of furan rings is 1. The van der Waals surface area contributed by atoms with E-state index in [2.05, 4.69) is 10.5 Å². The molecule has 0 bridgehead atoms. The molecule has 0 saturated heterocycles. The standard InChI is InChI=1S/C4H3O.ClH.Zn/c1-2-4-5-3-1;;/h1,3-4H;1H;/q-1;;+2/p-1. The molecule has 1 aromatic rings. The molecule has 0 unspecified atom stereocenters. The molecule has 0 aliphatic heterocycles. The Labute approximate surface area is 56.4 Å². The Morgan fingerprint density at radius 1 is 1.57 bits per heavy atom. The van der Waals surface area contributed by atoms with Crippen molar-refractivity contribution < 1.29 is 21.7 Å². The van der Waals surface area contributed by atoms with Crippen LogP contribution < -0.4 is 0 Å². The van der Waals surface area contributed by atoms with Crippen molar-refractivity contribution >= 4 is 9.69 Å². The summed E-state index contributed by atoms with van der Waals surface area (Å²) in [7, 11) is 4.76. The fourth-order valence-corrected chi connectivity index (χ4v) is 0.196. The van der Waals surface area contributed by atoms with Crippen molar-refractivity contribution in [3.8, 4) is 0 Å². The van der Waals surface area contributed by atoms with Gasteiger partial charge in [0, 0.05) is 0 Å². The van der Waals surface area contributed by atoms with Gasteiger partial charge < -0.3 is 4.42 Å². The Morgan fingerprint density at radius 2 is 2.29 bits per heavy atom. The summed E-state index contributed by atoms with van der Waals surface area (Å²) in [5.74, 6) is 0. The molecule has 0 spiro atoms. The topological polar surface area (TPSA) is 13.1 Å². The van der Waals surface area contributed by atoms with Crippen LogP contribution in [-0.2, 0) is 17.3 Å². The molecule has 0 aliphatic rings. The van der Waals surface area contributed by atoms with E-state index in [1.807, 2.05) is 0 Å². The summed E-state index contributed by atoms with van der Waals surface area (Å²) in [4.78, 5) is 0. The molecule has 1 heterocycles. The second kappa shape index (κ2) is 6.19. The first kappa shape index (κ1) is 7.19. The minimum absolute atomic E-state index is 0.847. The monoisotopic (exact) mass is 166 g/mol. The van der Waals surface area contributed by atoms with Gasteiger partial charge in [-0.25, -0.2) is 6.07 Å². The van der Waals surface area contributed by atoms with Gasteiger partial charge in [-0.2, -0.15) is 6.07 Å². The number of halogens is 1. The molecule has 7 heavy (non-hydrogen) atoms. The second-order valence-corrected chi connectivity index (χ2v) is 0.723. The Balaban J connectivity index is 0.000000162. The van der Waals surface area contributed by atoms with Gasteiger partial charge in [-0.05, 0) is 6.26 Å². The molecule has 1 nitrogen and oxygen atoms in total. The van der Waals surface area contributed by atoms with Gasteiger partial charge in [-0.1, -0.05) is 6.26 Å². The van der Waals surface area contributed by atoms with Crippen LogP contribution in [0.1, 0.15) is 0 Å². The first-order valence-electron chi connectivity index (χ1n) is 1.65. The summed E-state index contributed by atoms with van der Waals surface area (Å²) in [6, 6.07) is 4.40. The van der Waals surface area contributed by atoms with E-state index in [0.29, 0.717) is 0 Å². The quantitative estimate of drug-likeness (QED) is 0.424. The van der Waals surface area contributed by atoms with Crippen molar-refractivity contribution in [3.05, 3.63) is 24.7 Å². The van der Waals surface area contributed by atoms with Crippen LogP contribution in [0.15, 0.2) is 23.0 Å². The van der Waals surface area contributed by atoms with Crippen molar-refractivity contribution in [3.63, 3.8) is 0 Å². The van der Waals surface area contributed by atoms with Gasteiger partial charge in [-0.3, -0.25) is 0 Å². The SMILES string of the molecule is [Cl][Zn+].[c-]1ccoc1. The fourth-order valence-electron chi connectivity index (χ4n) is 0.196. The van der Waals surface area contributed by atoms with E-state index in [1.165, 1.54) is 6.26 Å². The van der Waals surface area contributed by atoms with E-state index in [0.717, 1.165) is 17.3 Å². The molecular weight excluding hydrogens is 165 g/mol. The van der Waals surface area contributed by atoms with Gasteiger partial charge in [0.25, 0.3) is 0 Å². The number of hydrogen-bond donors (Lipinski definition) is 0. The van der Waals surface area contributed by atoms with Crippen LogP contribution >= 0.6 is 9.69 Å². The summed E-state index contributed by atoms with van der Waals surface area (Å²) in [5.41, 5.74) is 0. The maximum atomic E-state index is 4.76. The summed E-state index contributed by atoms with van der Waals surface area (Å²) < 4.78 is 4.53. The van der Waals surface area contributed by atoms with Crippen LogP contribution in [0.25, 0.3) is 0 Å². The summed E-state index contributed by atoms with van der Waals surface area (Å²) in [5, 5.41) is 0. The van der Waals surface area contributed by atoms with Gasteiger partial charge >= 0.3 is 27.0 Å². The Kier molecular flexibility index (Phi) is 6.36. The minimum Gasteiger partial charge on any atom is -0.576 e. The van der Waals surface area contributed by atoms with Gasteiger partial charge in [0.05, 0.1) is 0 Å². The molecule has 0 aromatic carbocycles. The summed E-state index contributed by atoms with van der Waals surface area (Å²) in [6.07, 6.45) is 3.07. The van der Waals surface area contributed by atoms with Crippen molar-refractivity contribution in [1.29, 1.82) is 0 Å². The average Bonchev–Trinajstić information content (AvgIpc) is 2.23. The molecule has 1 rings (SSSR count). The van der Waals surface area contributed by atoms with E-state index in [-0.39, 0.29) is 0 Å². The normalized spacial score (nSPS) is 6.71. The predicted octanol–water partition coefficient (Wildman–Crippen LogP) is 1.77. The molecule has 3 heteroatoms. The molecule has 34 valence electrons. The van der Waals surface area contributed by atoms with Crippen LogP contribution in [0.4, 0.5) is 0 Å². The van der Waals surface area contributed by atoms with Gasteiger partial charge in [-0.15, -0.1) is 0 Å². The molecule has 0 radical (unpaired) electrons. The number of hydrogen-bond acceptors (Lipinski definition) is 1. The third-order valence-electron chi connectivity index (χ3n) is 0.379. The van der Waals surface area contributed by atoms with Crippen LogP contribution in [0.3, 0.4) is 0 Å². The zero-order chi connectivity index (χ0) is 5.54. The first-order chi connectivity index (χ1) is 3.50. The van der Waals surface area contributed by atoms with Crippen LogP contribution in [0.5, 0.6) is 0 Å². The minimum atomic E-state index is 0.847. The van der Waals surface area contributed by atoms with E-state index in [4.69, 9.17) is 9.69 Å². The first-order valence-corrected chi connectivity index (χ1v) is 5.55. The molecular formula is C4H3ClOZn. The average molecular weight is 168 g/mol. The summed E-state index contributed by atoms with van der Waals surface area (Å²) >= 11 is 0.847. The smallest absolute Gasteiger partial charge is 0.0256 e. The predicted molar refractivity (Wildman–Crippen MR) is 23.4 cm³/mol. The summed E-state index contributed by atoms with van der Waals surface area (Å²) in [6.45, 7) is 0. The Morgan fingerprint density at radius 3 is 2.43 bits per heavy atom. The van der Waals surface area contributed by atoms with Gasteiger partial charge in [0.15, 0.2) is 0 Å². The number of rotatable bonds is 0. The van der Waals surface area contributed by atoms with Crippen molar-refractivity contribution in [2.24, 2.45) is 0 Å². The molecule has 0 atom stereocenters. The van der Waals surface area contributed by atoms with E-state index in [1.54, 1.807) is 12.3 Å². The van der Waals surface area contributed by atoms with Crippen LogP contribution in [0.2, 0.25) is 0 Å². The Bertz CT molecular complexity index is 68.2. The van der Waals surface area contributed by atoms with E-state index >= 15 is 0 Å². The van der Waals surface area contributed by atoms with Gasteiger partial charge in [0.1, 0.15) is 0 Å². The van der Waals surface area contributed by atoms with Crippen molar-refractivity contribution in [1.82, 2.24) is 0 Å². The fraction of sp³-hybridized carbons (Fsp3) is 0. The van der Waals surface area contributed by atoms with E-state index in [9.17, 15) is 0 Å². The van der Waals surface area contributed by atoms with Gasteiger partial charge in [0.2, 0.25) is 0 Å². The molecule has 0 amide bonds.